The number of benzene rings is 1. The summed E-state index contributed by atoms with van der Waals surface area (Å²) in [5.41, 5.74) is 3.13. The molecule has 0 unspecified atom stereocenters. The number of rotatable bonds is 3. The number of carbonyl (C=O) groups excluding carboxylic acids is 1. The third-order valence-corrected chi connectivity index (χ3v) is 1.55. The van der Waals surface area contributed by atoms with Gasteiger partial charge in [0.15, 0.2) is 6.61 Å². The van der Waals surface area contributed by atoms with Gasteiger partial charge in [-0.25, -0.2) is 5.84 Å². The lowest BCUT2D eigenvalue weighted by Crippen LogP contribution is -2.34. The Morgan fingerprint density at radius 1 is 1.46 bits per heavy atom. The van der Waals surface area contributed by atoms with E-state index in [9.17, 15) is 4.79 Å². The molecule has 0 spiro atoms. The van der Waals surface area contributed by atoms with Crippen LogP contribution in [0, 0.1) is 6.92 Å². The molecule has 1 rings (SSSR count). The summed E-state index contributed by atoms with van der Waals surface area (Å²) in [7, 11) is 0. The van der Waals surface area contributed by atoms with E-state index in [1.54, 1.807) is 12.1 Å². The normalized spacial score (nSPS) is 9.38. The number of hydrogen-bond acceptors (Lipinski definition) is 3. The minimum absolute atomic E-state index is 0.0560. The molecule has 0 saturated carbocycles. The largest absolute Gasteiger partial charge is 0.484 e. The summed E-state index contributed by atoms with van der Waals surface area (Å²) in [6, 6.07) is 7.43. The van der Waals surface area contributed by atoms with Crippen LogP contribution in [0.15, 0.2) is 24.3 Å². The highest BCUT2D eigenvalue weighted by Gasteiger charge is 1.98. The molecular weight excluding hydrogens is 168 g/mol. The third kappa shape index (κ3) is 3.13. The molecule has 0 bridgehead atoms. The Morgan fingerprint density at radius 3 is 2.62 bits per heavy atom. The van der Waals surface area contributed by atoms with E-state index in [0.717, 1.165) is 5.56 Å². The lowest BCUT2D eigenvalue weighted by atomic mass is 10.2. The molecule has 0 heterocycles. The van der Waals surface area contributed by atoms with Gasteiger partial charge in [0, 0.05) is 0 Å². The molecule has 0 aliphatic carbocycles. The minimum atomic E-state index is -0.347. The maximum Gasteiger partial charge on any atom is 0.271 e. The van der Waals surface area contributed by atoms with E-state index in [4.69, 9.17) is 10.6 Å². The highest BCUT2D eigenvalue weighted by atomic mass is 16.5. The zero-order chi connectivity index (χ0) is 9.68. The first-order chi connectivity index (χ1) is 6.22. The Morgan fingerprint density at radius 2 is 2.08 bits per heavy atom. The lowest BCUT2D eigenvalue weighted by Gasteiger charge is -2.04. The molecule has 0 fully saturated rings. The minimum Gasteiger partial charge on any atom is -0.484 e. The summed E-state index contributed by atoms with van der Waals surface area (Å²) in [6.07, 6.45) is 0. The van der Waals surface area contributed by atoms with Crippen LogP contribution in [0.2, 0.25) is 0 Å². The number of nitrogens with one attached hydrogen (secondary N) is 1. The van der Waals surface area contributed by atoms with Crippen LogP contribution in [0.4, 0.5) is 0 Å². The number of ether oxygens (including phenoxy) is 1. The topological polar surface area (TPSA) is 64.3 Å². The molecule has 4 nitrogen and oxygen atoms in total. The fourth-order valence-electron chi connectivity index (χ4n) is 0.825. The van der Waals surface area contributed by atoms with Crippen LogP contribution in [0.25, 0.3) is 0 Å². The van der Waals surface area contributed by atoms with E-state index < -0.39 is 0 Å². The van der Waals surface area contributed by atoms with Crippen molar-refractivity contribution in [2.75, 3.05) is 6.61 Å². The predicted octanol–water partition coefficient (Wildman–Crippen LogP) is 0.364. The van der Waals surface area contributed by atoms with Gasteiger partial charge in [-0.1, -0.05) is 17.7 Å². The zero-order valence-electron chi connectivity index (χ0n) is 7.41. The Kier molecular flexibility index (Phi) is 3.28. The fourth-order valence-corrected chi connectivity index (χ4v) is 0.825. The Balaban J connectivity index is 2.46. The molecular formula is C9H12N2O2. The van der Waals surface area contributed by atoms with Crippen LogP contribution >= 0.6 is 0 Å². The second-order valence-electron chi connectivity index (χ2n) is 2.67. The Hall–Kier alpha value is -1.55. The van der Waals surface area contributed by atoms with Crippen LogP contribution in [0.5, 0.6) is 5.75 Å². The van der Waals surface area contributed by atoms with Gasteiger partial charge in [-0.15, -0.1) is 0 Å². The molecule has 1 amide bonds. The van der Waals surface area contributed by atoms with Crippen molar-refractivity contribution in [1.29, 1.82) is 0 Å². The van der Waals surface area contributed by atoms with Gasteiger partial charge in [0.05, 0.1) is 0 Å². The predicted molar refractivity (Wildman–Crippen MR) is 49.0 cm³/mol. The number of amides is 1. The van der Waals surface area contributed by atoms with Crippen LogP contribution < -0.4 is 16.0 Å². The first-order valence-corrected chi connectivity index (χ1v) is 3.91. The molecule has 0 aliphatic rings. The maximum atomic E-state index is 10.7. The summed E-state index contributed by atoms with van der Waals surface area (Å²) in [5, 5.41) is 0. The first-order valence-electron chi connectivity index (χ1n) is 3.91. The van der Waals surface area contributed by atoms with Gasteiger partial charge in [-0.3, -0.25) is 10.2 Å². The SMILES string of the molecule is Cc1ccc(OCC(=O)NN)cc1. The third-order valence-electron chi connectivity index (χ3n) is 1.55. The maximum absolute atomic E-state index is 10.7. The number of aryl methyl sites for hydroxylation is 1. The molecule has 3 N–H and O–H groups in total. The number of carbonyl (C=O) groups is 1. The Bertz CT molecular complexity index is 282. The first kappa shape index (κ1) is 9.54. The van der Waals surface area contributed by atoms with Crippen molar-refractivity contribution < 1.29 is 9.53 Å². The van der Waals surface area contributed by atoms with Crippen LogP contribution in [-0.4, -0.2) is 12.5 Å². The Labute approximate surface area is 76.7 Å². The smallest absolute Gasteiger partial charge is 0.271 e. The van der Waals surface area contributed by atoms with Crippen molar-refractivity contribution in [2.45, 2.75) is 6.92 Å². The average molecular weight is 180 g/mol. The van der Waals surface area contributed by atoms with Gasteiger partial charge in [0.1, 0.15) is 5.75 Å². The summed E-state index contributed by atoms with van der Waals surface area (Å²) < 4.78 is 5.12. The molecule has 0 radical (unpaired) electrons. The quantitative estimate of drug-likeness (QED) is 0.401. The second-order valence-corrected chi connectivity index (χ2v) is 2.67. The van der Waals surface area contributed by atoms with E-state index in [-0.39, 0.29) is 12.5 Å². The van der Waals surface area contributed by atoms with Crippen LogP contribution in [0.3, 0.4) is 0 Å². The van der Waals surface area contributed by atoms with Crippen molar-refractivity contribution in [1.82, 2.24) is 5.43 Å². The molecule has 13 heavy (non-hydrogen) atoms. The van der Waals surface area contributed by atoms with Gasteiger partial charge in [0.2, 0.25) is 0 Å². The molecule has 0 aliphatic heterocycles. The fraction of sp³-hybridized carbons (Fsp3) is 0.222. The molecule has 1 aromatic rings. The van der Waals surface area contributed by atoms with Gasteiger partial charge in [0.25, 0.3) is 5.91 Å². The summed E-state index contributed by atoms with van der Waals surface area (Å²) in [5.74, 6) is 5.20. The average Bonchev–Trinajstić information content (AvgIpc) is 2.16. The van der Waals surface area contributed by atoms with E-state index in [1.807, 2.05) is 24.5 Å². The van der Waals surface area contributed by atoms with Crippen LogP contribution in [0.1, 0.15) is 5.56 Å². The highest BCUT2D eigenvalue weighted by Crippen LogP contribution is 2.10. The highest BCUT2D eigenvalue weighted by molar-refractivity contribution is 5.76. The number of hydrazine groups is 1. The van der Waals surface area contributed by atoms with Gasteiger partial charge < -0.3 is 4.74 Å². The van der Waals surface area contributed by atoms with E-state index in [2.05, 4.69) is 0 Å². The molecule has 0 saturated heterocycles. The molecule has 1 aromatic carbocycles. The number of hydrogen-bond donors (Lipinski definition) is 2. The van der Waals surface area contributed by atoms with Crippen molar-refractivity contribution in [3.05, 3.63) is 29.8 Å². The standard InChI is InChI=1S/C9H12N2O2/c1-7-2-4-8(5-3-7)13-6-9(12)11-10/h2-5H,6,10H2,1H3,(H,11,12). The summed E-state index contributed by atoms with van der Waals surface area (Å²) >= 11 is 0. The van der Waals surface area contributed by atoms with E-state index in [0.29, 0.717) is 5.75 Å². The zero-order valence-corrected chi connectivity index (χ0v) is 7.41. The van der Waals surface area contributed by atoms with Gasteiger partial charge >= 0.3 is 0 Å². The van der Waals surface area contributed by atoms with Crippen molar-refractivity contribution in [2.24, 2.45) is 5.84 Å². The van der Waals surface area contributed by atoms with Crippen molar-refractivity contribution in [3.63, 3.8) is 0 Å². The molecule has 4 heteroatoms. The second kappa shape index (κ2) is 4.47. The molecule has 70 valence electrons. The summed E-state index contributed by atoms with van der Waals surface area (Å²) in [6.45, 7) is 1.93. The monoisotopic (exact) mass is 180 g/mol. The van der Waals surface area contributed by atoms with Crippen LogP contribution in [-0.2, 0) is 4.79 Å². The molecule has 0 atom stereocenters. The number of nitrogens with two attached hydrogens (primary N) is 1. The van der Waals surface area contributed by atoms with Crippen molar-refractivity contribution in [3.8, 4) is 5.75 Å². The van der Waals surface area contributed by atoms with E-state index >= 15 is 0 Å². The van der Waals surface area contributed by atoms with Gasteiger partial charge in [-0.2, -0.15) is 0 Å². The summed E-state index contributed by atoms with van der Waals surface area (Å²) in [4.78, 5) is 10.7. The lowest BCUT2D eigenvalue weighted by molar-refractivity contribution is -0.123. The van der Waals surface area contributed by atoms with Crippen molar-refractivity contribution >= 4 is 5.91 Å². The molecule has 0 aromatic heterocycles. The van der Waals surface area contributed by atoms with E-state index in [1.165, 1.54) is 0 Å². The van der Waals surface area contributed by atoms with Gasteiger partial charge in [-0.05, 0) is 19.1 Å².